The molecule has 0 bridgehead atoms. The van der Waals surface area contributed by atoms with Gasteiger partial charge in [-0.2, -0.15) is 0 Å². The van der Waals surface area contributed by atoms with Crippen LogP contribution in [-0.4, -0.2) is 13.1 Å². The average Bonchev–Trinajstić information content (AvgIpc) is 2.24. The second kappa shape index (κ2) is 4.36. The summed E-state index contributed by atoms with van der Waals surface area (Å²) in [6.45, 7) is 7.15. The number of hydrogen-bond donors (Lipinski definition) is 1. The molecule has 2 unspecified atom stereocenters. The smallest absolute Gasteiger partial charge is 0.00178 e. The zero-order valence-corrected chi connectivity index (χ0v) is 9.79. The standard InChI is InChI=1S/C14H21N/c1-12-11-15-9-8-14(12,2)10-13-6-4-3-5-7-13/h3-7,12,15H,8-11H2,1-2H3. The fourth-order valence-electron chi connectivity index (χ4n) is 2.51. The predicted octanol–water partition coefficient (Wildman–Crippen LogP) is 2.86. The molecule has 0 saturated carbocycles. The first-order valence-electron chi connectivity index (χ1n) is 5.95. The normalized spacial score (nSPS) is 31.5. The number of rotatable bonds is 2. The van der Waals surface area contributed by atoms with E-state index in [2.05, 4.69) is 49.5 Å². The summed E-state index contributed by atoms with van der Waals surface area (Å²) >= 11 is 0. The fraction of sp³-hybridized carbons (Fsp3) is 0.571. The number of hydrogen-bond acceptors (Lipinski definition) is 1. The summed E-state index contributed by atoms with van der Waals surface area (Å²) in [7, 11) is 0. The molecule has 0 spiro atoms. The Kier molecular flexibility index (Phi) is 3.11. The molecule has 1 heterocycles. The van der Waals surface area contributed by atoms with Gasteiger partial charge in [0.1, 0.15) is 0 Å². The van der Waals surface area contributed by atoms with E-state index in [0.29, 0.717) is 5.41 Å². The minimum absolute atomic E-state index is 0.479. The highest BCUT2D eigenvalue weighted by Crippen LogP contribution is 2.36. The van der Waals surface area contributed by atoms with E-state index >= 15 is 0 Å². The van der Waals surface area contributed by atoms with Crippen LogP contribution in [0.3, 0.4) is 0 Å². The van der Waals surface area contributed by atoms with Crippen molar-refractivity contribution in [3.63, 3.8) is 0 Å². The molecule has 2 rings (SSSR count). The van der Waals surface area contributed by atoms with Gasteiger partial charge in [0.2, 0.25) is 0 Å². The molecule has 0 aliphatic carbocycles. The highest BCUT2D eigenvalue weighted by atomic mass is 14.9. The zero-order valence-electron chi connectivity index (χ0n) is 9.79. The molecule has 82 valence electrons. The number of benzene rings is 1. The zero-order chi connectivity index (χ0) is 10.7. The molecule has 1 aliphatic heterocycles. The molecule has 1 heteroatoms. The van der Waals surface area contributed by atoms with Crippen molar-refractivity contribution < 1.29 is 0 Å². The summed E-state index contributed by atoms with van der Waals surface area (Å²) in [6.07, 6.45) is 2.51. The van der Waals surface area contributed by atoms with Crippen molar-refractivity contribution in [3.8, 4) is 0 Å². The van der Waals surface area contributed by atoms with Crippen LogP contribution in [0.25, 0.3) is 0 Å². The Labute approximate surface area is 92.9 Å². The van der Waals surface area contributed by atoms with Crippen molar-refractivity contribution in [2.45, 2.75) is 26.7 Å². The Morgan fingerprint density at radius 2 is 2.07 bits per heavy atom. The van der Waals surface area contributed by atoms with Gasteiger partial charge in [0.05, 0.1) is 0 Å². The van der Waals surface area contributed by atoms with Gasteiger partial charge in [-0.1, -0.05) is 44.2 Å². The quantitative estimate of drug-likeness (QED) is 0.779. The van der Waals surface area contributed by atoms with Crippen LogP contribution in [0.5, 0.6) is 0 Å². The lowest BCUT2D eigenvalue weighted by molar-refractivity contribution is 0.144. The lowest BCUT2D eigenvalue weighted by Gasteiger charge is -2.40. The van der Waals surface area contributed by atoms with Crippen molar-refractivity contribution in [2.24, 2.45) is 11.3 Å². The van der Waals surface area contributed by atoms with Crippen LogP contribution in [0.1, 0.15) is 25.8 Å². The highest BCUT2D eigenvalue weighted by Gasteiger charge is 2.33. The van der Waals surface area contributed by atoms with E-state index in [4.69, 9.17) is 0 Å². The number of nitrogens with one attached hydrogen (secondary N) is 1. The lowest BCUT2D eigenvalue weighted by Crippen LogP contribution is -2.43. The molecular weight excluding hydrogens is 182 g/mol. The molecule has 1 aromatic rings. The maximum atomic E-state index is 3.48. The minimum atomic E-state index is 0.479. The minimum Gasteiger partial charge on any atom is -0.316 e. The predicted molar refractivity (Wildman–Crippen MR) is 64.9 cm³/mol. The highest BCUT2D eigenvalue weighted by molar-refractivity contribution is 5.17. The van der Waals surface area contributed by atoms with Crippen LogP contribution in [0.2, 0.25) is 0 Å². The van der Waals surface area contributed by atoms with E-state index in [1.807, 2.05) is 0 Å². The molecule has 1 saturated heterocycles. The van der Waals surface area contributed by atoms with Crippen LogP contribution in [0.15, 0.2) is 30.3 Å². The Morgan fingerprint density at radius 3 is 2.73 bits per heavy atom. The molecule has 1 N–H and O–H groups in total. The van der Waals surface area contributed by atoms with Gasteiger partial charge < -0.3 is 5.32 Å². The number of piperidine rings is 1. The molecule has 1 aromatic carbocycles. The summed E-state index contributed by atoms with van der Waals surface area (Å²) in [6, 6.07) is 10.9. The second-order valence-corrected chi connectivity index (χ2v) is 5.17. The van der Waals surface area contributed by atoms with Crippen LogP contribution >= 0.6 is 0 Å². The van der Waals surface area contributed by atoms with Crippen molar-refractivity contribution in [2.75, 3.05) is 13.1 Å². The van der Waals surface area contributed by atoms with E-state index in [9.17, 15) is 0 Å². The summed E-state index contributed by atoms with van der Waals surface area (Å²) in [5.74, 6) is 0.770. The third-order valence-corrected chi connectivity index (χ3v) is 3.96. The first kappa shape index (κ1) is 10.7. The van der Waals surface area contributed by atoms with Gasteiger partial charge in [0.25, 0.3) is 0 Å². The fourth-order valence-corrected chi connectivity index (χ4v) is 2.51. The summed E-state index contributed by atoms with van der Waals surface area (Å²) in [5, 5.41) is 3.48. The lowest BCUT2D eigenvalue weighted by atomic mass is 9.69. The summed E-state index contributed by atoms with van der Waals surface area (Å²) in [5.41, 5.74) is 1.96. The maximum absolute atomic E-state index is 3.48. The molecule has 0 radical (unpaired) electrons. The topological polar surface area (TPSA) is 12.0 Å². The van der Waals surface area contributed by atoms with Gasteiger partial charge in [0, 0.05) is 0 Å². The van der Waals surface area contributed by atoms with Gasteiger partial charge >= 0.3 is 0 Å². The molecule has 1 aliphatic rings. The van der Waals surface area contributed by atoms with Crippen LogP contribution in [-0.2, 0) is 6.42 Å². The first-order chi connectivity index (χ1) is 7.21. The van der Waals surface area contributed by atoms with E-state index in [0.717, 1.165) is 5.92 Å². The molecule has 2 atom stereocenters. The van der Waals surface area contributed by atoms with E-state index < -0.39 is 0 Å². The van der Waals surface area contributed by atoms with E-state index in [1.165, 1.54) is 31.5 Å². The Hall–Kier alpha value is -0.820. The average molecular weight is 203 g/mol. The Morgan fingerprint density at radius 1 is 1.33 bits per heavy atom. The third kappa shape index (κ3) is 2.40. The Bertz CT molecular complexity index is 306. The molecule has 1 nitrogen and oxygen atoms in total. The van der Waals surface area contributed by atoms with Crippen molar-refractivity contribution in [3.05, 3.63) is 35.9 Å². The van der Waals surface area contributed by atoms with Gasteiger partial charge in [-0.05, 0) is 42.8 Å². The molecule has 0 aromatic heterocycles. The van der Waals surface area contributed by atoms with Crippen LogP contribution in [0.4, 0.5) is 0 Å². The maximum Gasteiger partial charge on any atom is -0.00178 e. The van der Waals surface area contributed by atoms with E-state index in [1.54, 1.807) is 0 Å². The van der Waals surface area contributed by atoms with Gasteiger partial charge in [-0.3, -0.25) is 0 Å². The largest absolute Gasteiger partial charge is 0.316 e. The van der Waals surface area contributed by atoms with Gasteiger partial charge in [0.15, 0.2) is 0 Å². The van der Waals surface area contributed by atoms with Crippen molar-refractivity contribution in [1.29, 1.82) is 0 Å². The third-order valence-electron chi connectivity index (χ3n) is 3.96. The summed E-state index contributed by atoms with van der Waals surface area (Å²) in [4.78, 5) is 0. The monoisotopic (exact) mass is 203 g/mol. The van der Waals surface area contributed by atoms with Crippen molar-refractivity contribution >= 4 is 0 Å². The van der Waals surface area contributed by atoms with Crippen LogP contribution in [0, 0.1) is 11.3 Å². The van der Waals surface area contributed by atoms with Crippen molar-refractivity contribution in [1.82, 2.24) is 5.32 Å². The summed E-state index contributed by atoms with van der Waals surface area (Å²) < 4.78 is 0. The SMILES string of the molecule is CC1CNCCC1(C)Cc1ccccc1. The second-order valence-electron chi connectivity index (χ2n) is 5.17. The van der Waals surface area contributed by atoms with Crippen LogP contribution < -0.4 is 5.32 Å². The molecule has 1 fully saturated rings. The first-order valence-corrected chi connectivity index (χ1v) is 5.95. The van der Waals surface area contributed by atoms with E-state index in [-0.39, 0.29) is 0 Å². The van der Waals surface area contributed by atoms with Gasteiger partial charge in [-0.25, -0.2) is 0 Å². The molecular formula is C14H21N. The molecule has 15 heavy (non-hydrogen) atoms. The molecule has 0 amide bonds. The Balaban J connectivity index is 2.09. The van der Waals surface area contributed by atoms with Gasteiger partial charge in [-0.15, -0.1) is 0 Å².